The lowest BCUT2D eigenvalue weighted by Crippen LogP contribution is -2.42. The minimum atomic E-state index is -0.0493. The lowest BCUT2D eigenvalue weighted by Gasteiger charge is -2.36. The van der Waals surface area contributed by atoms with Crippen LogP contribution in [0.15, 0.2) is 97.2 Å². The number of aromatic nitrogens is 1. The van der Waals surface area contributed by atoms with E-state index in [1.165, 1.54) is 16.7 Å². The van der Waals surface area contributed by atoms with Crippen LogP contribution in [0.1, 0.15) is 22.4 Å². The molecule has 3 aromatic carbocycles. The molecule has 0 bridgehead atoms. The van der Waals surface area contributed by atoms with Crippen molar-refractivity contribution in [2.45, 2.75) is 32.2 Å². The maximum absolute atomic E-state index is 9.34. The molecule has 0 unspecified atom stereocenters. The molecular weight excluding hydrogens is 408 g/mol. The molecule has 0 saturated carbocycles. The molecule has 0 radical (unpaired) electrons. The summed E-state index contributed by atoms with van der Waals surface area (Å²) in [5.74, 6) is 0.953. The van der Waals surface area contributed by atoms with Crippen LogP contribution in [-0.2, 0) is 26.1 Å². The van der Waals surface area contributed by atoms with Gasteiger partial charge < -0.3 is 9.84 Å². The zero-order valence-corrected chi connectivity index (χ0v) is 18.6. The number of rotatable bonds is 7. The van der Waals surface area contributed by atoms with Crippen LogP contribution in [0.3, 0.4) is 0 Å². The van der Waals surface area contributed by atoms with Crippen LogP contribution in [0.5, 0.6) is 5.75 Å². The summed E-state index contributed by atoms with van der Waals surface area (Å²) in [6, 6.07) is 31.7. The van der Waals surface area contributed by atoms with Crippen molar-refractivity contribution in [2.24, 2.45) is 0 Å². The van der Waals surface area contributed by atoms with Gasteiger partial charge in [0.2, 0.25) is 0 Å². The van der Waals surface area contributed by atoms with Gasteiger partial charge >= 0.3 is 0 Å². The highest BCUT2D eigenvalue weighted by molar-refractivity contribution is 5.70. The first-order chi connectivity index (χ1) is 16.3. The summed E-state index contributed by atoms with van der Waals surface area (Å²) in [6.45, 7) is 2.35. The highest BCUT2D eigenvalue weighted by atomic mass is 16.5. The standard InChI is InChI=1S/C29H28N2O2/c32-20-25-15-14-24(17-30-25)27-12-7-13-29-28(27)16-26(21-33-29)31(18-22-8-3-1-4-9-22)19-23-10-5-2-6-11-23/h1-15,17,26,32H,16,18-21H2/t26-/m0/s1. The van der Waals surface area contributed by atoms with Crippen LogP contribution in [0, 0.1) is 0 Å². The van der Waals surface area contributed by atoms with Crippen LogP contribution in [-0.4, -0.2) is 27.6 Å². The smallest absolute Gasteiger partial charge is 0.123 e. The first-order valence-electron chi connectivity index (χ1n) is 11.4. The van der Waals surface area contributed by atoms with Gasteiger partial charge in [-0.1, -0.05) is 78.9 Å². The predicted molar refractivity (Wildman–Crippen MR) is 131 cm³/mol. The van der Waals surface area contributed by atoms with E-state index in [0.29, 0.717) is 12.3 Å². The minimum Gasteiger partial charge on any atom is -0.492 e. The molecule has 4 nitrogen and oxygen atoms in total. The lowest BCUT2D eigenvalue weighted by molar-refractivity contribution is 0.106. The van der Waals surface area contributed by atoms with Gasteiger partial charge in [0.1, 0.15) is 12.4 Å². The van der Waals surface area contributed by atoms with Crippen LogP contribution >= 0.6 is 0 Å². The van der Waals surface area contributed by atoms with E-state index in [4.69, 9.17) is 4.74 Å². The number of ether oxygens (including phenoxy) is 1. The molecule has 1 aliphatic rings. The average Bonchev–Trinajstić information content (AvgIpc) is 2.89. The number of pyridine rings is 1. The minimum absolute atomic E-state index is 0.0493. The normalized spacial score (nSPS) is 15.2. The number of nitrogens with zero attached hydrogens (tertiary/aromatic N) is 2. The molecule has 0 fully saturated rings. The second kappa shape index (κ2) is 9.99. The van der Waals surface area contributed by atoms with Crippen LogP contribution < -0.4 is 4.74 Å². The maximum atomic E-state index is 9.34. The largest absolute Gasteiger partial charge is 0.492 e. The molecule has 0 aliphatic carbocycles. The summed E-state index contributed by atoms with van der Waals surface area (Å²) in [7, 11) is 0. The Bertz CT molecular complexity index is 1140. The predicted octanol–water partition coefficient (Wildman–Crippen LogP) is 5.25. The molecule has 166 valence electrons. The van der Waals surface area contributed by atoms with E-state index in [-0.39, 0.29) is 12.6 Å². The second-order valence-corrected chi connectivity index (χ2v) is 8.52. The van der Waals surface area contributed by atoms with Gasteiger partial charge in [-0.05, 0) is 35.2 Å². The Morgan fingerprint density at radius 3 is 2.12 bits per heavy atom. The third-order valence-electron chi connectivity index (χ3n) is 6.28. The Kier molecular flexibility index (Phi) is 6.47. The molecule has 0 spiro atoms. The summed E-state index contributed by atoms with van der Waals surface area (Å²) >= 11 is 0. The van der Waals surface area contributed by atoms with E-state index in [2.05, 4.69) is 82.7 Å². The third kappa shape index (κ3) is 4.98. The highest BCUT2D eigenvalue weighted by Crippen LogP contribution is 2.35. The zero-order chi connectivity index (χ0) is 22.5. The third-order valence-corrected chi connectivity index (χ3v) is 6.28. The zero-order valence-electron chi connectivity index (χ0n) is 18.6. The SMILES string of the molecule is OCc1ccc(-c2cccc3c2C[C@H](N(Cc2ccccc2)Cc2ccccc2)CO3)cn1. The average molecular weight is 437 g/mol. The summed E-state index contributed by atoms with van der Waals surface area (Å²) in [5.41, 5.74) is 6.69. The molecule has 33 heavy (non-hydrogen) atoms. The Morgan fingerprint density at radius 1 is 0.818 bits per heavy atom. The quantitative estimate of drug-likeness (QED) is 0.430. The highest BCUT2D eigenvalue weighted by Gasteiger charge is 2.28. The van der Waals surface area contributed by atoms with Crippen LogP contribution in [0.25, 0.3) is 11.1 Å². The molecular formula is C29H28N2O2. The molecule has 0 saturated heterocycles. The van der Waals surface area contributed by atoms with Gasteiger partial charge in [-0.3, -0.25) is 9.88 Å². The maximum Gasteiger partial charge on any atom is 0.123 e. The van der Waals surface area contributed by atoms with Crippen molar-refractivity contribution >= 4 is 0 Å². The number of benzene rings is 3. The van der Waals surface area contributed by atoms with Gasteiger partial charge in [0.05, 0.1) is 12.3 Å². The second-order valence-electron chi connectivity index (χ2n) is 8.52. The van der Waals surface area contributed by atoms with Crippen molar-refractivity contribution in [1.82, 2.24) is 9.88 Å². The van der Waals surface area contributed by atoms with Crippen LogP contribution in [0.2, 0.25) is 0 Å². The Balaban J connectivity index is 1.45. The summed E-state index contributed by atoms with van der Waals surface area (Å²) in [6.07, 6.45) is 2.75. The molecule has 5 rings (SSSR count). The van der Waals surface area contributed by atoms with E-state index in [9.17, 15) is 5.11 Å². The van der Waals surface area contributed by atoms with E-state index >= 15 is 0 Å². The van der Waals surface area contributed by atoms with E-state index < -0.39 is 0 Å². The van der Waals surface area contributed by atoms with E-state index in [1.54, 1.807) is 0 Å². The van der Waals surface area contributed by atoms with Gasteiger partial charge in [0, 0.05) is 36.5 Å². The molecule has 1 aliphatic heterocycles. The number of fused-ring (bicyclic) bond motifs is 1. The summed E-state index contributed by atoms with van der Waals surface area (Å²) < 4.78 is 6.30. The number of hydrogen-bond acceptors (Lipinski definition) is 4. The van der Waals surface area contributed by atoms with Gasteiger partial charge in [-0.25, -0.2) is 0 Å². The first-order valence-corrected chi connectivity index (χ1v) is 11.4. The molecule has 1 atom stereocenters. The Morgan fingerprint density at radius 2 is 1.52 bits per heavy atom. The Hall–Kier alpha value is -3.47. The van der Waals surface area contributed by atoms with Crippen LogP contribution in [0.4, 0.5) is 0 Å². The van der Waals surface area contributed by atoms with Crippen molar-refractivity contribution < 1.29 is 9.84 Å². The molecule has 2 heterocycles. The first kappa shape index (κ1) is 21.4. The van der Waals surface area contributed by atoms with Gasteiger partial charge in [0.15, 0.2) is 0 Å². The topological polar surface area (TPSA) is 45.6 Å². The fourth-order valence-electron chi connectivity index (χ4n) is 4.52. The Labute approximate surface area is 195 Å². The summed E-state index contributed by atoms with van der Waals surface area (Å²) in [4.78, 5) is 6.91. The van der Waals surface area contributed by atoms with Gasteiger partial charge in [-0.15, -0.1) is 0 Å². The van der Waals surface area contributed by atoms with Crippen molar-refractivity contribution in [2.75, 3.05) is 6.61 Å². The van der Waals surface area contributed by atoms with Crippen molar-refractivity contribution in [3.8, 4) is 16.9 Å². The number of aliphatic hydroxyl groups is 1. The van der Waals surface area contributed by atoms with E-state index in [0.717, 1.165) is 36.4 Å². The fourth-order valence-corrected chi connectivity index (χ4v) is 4.52. The van der Waals surface area contributed by atoms with Gasteiger partial charge in [-0.2, -0.15) is 0 Å². The number of aliphatic hydroxyl groups excluding tert-OH is 1. The summed E-state index contributed by atoms with van der Waals surface area (Å²) in [5, 5.41) is 9.34. The monoisotopic (exact) mass is 436 g/mol. The molecule has 4 heteroatoms. The fraction of sp³-hybridized carbons (Fsp3) is 0.207. The van der Waals surface area contributed by atoms with Crippen molar-refractivity contribution in [1.29, 1.82) is 0 Å². The molecule has 1 aromatic heterocycles. The molecule has 4 aromatic rings. The number of hydrogen-bond donors (Lipinski definition) is 1. The lowest BCUT2D eigenvalue weighted by atomic mass is 9.92. The van der Waals surface area contributed by atoms with Crippen molar-refractivity contribution in [3.05, 3.63) is 120 Å². The molecule has 0 amide bonds. The molecule has 1 N–H and O–H groups in total. The van der Waals surface area contributed by atoms with Gasteiger partial charge in [0.25, 0.3) is 0 Å². The van der Waals surface area contributed by atoms with E-state index in [1.807, 2.05) is 24.4 Å². The van der Waals surface area contributed by atoms with Crippen molar-refractivity contribution in [3.63, 3.8) is 0 Å².